The van der Waals surface area contributed by atoms with Crippen molar-refractivity contribution in [3.8, 4) is 0 Å². The molecule has 2 heteroatoms. The molecule has 2 nitrogen and oxygen atoms in total. The number of hydrogen-bond donors (Lipinski definition) is 0. The minimum absolute atomic E-state index is 0.0540. The number of ether oxygens (including phenoxy) is 1. The Kier molecular flexibility index (Phi) is 2.72. The summed E-state index contributed by atoms with van der Waals surface area (Å²) in [5, 5.41) is 2.18. The van der Waals surface area contributed by atoms with Gasteiger partial charge in [-0.3, -0.25) is 4.79 Å². The molecule has 4 aromatic carbocycles. The van der Waals surface area contributed by atoms with Crippen LogP contribution < -0.4 is 0 Å². The standard InChI is InChI=1S/C25H16O2/c26-23-20-14-6-7-15-22(20)24(18-11-2-1-3-12-18)25(23,27-24)21-16-8-10-17-9-4-5-13-19(17)21/h1-16H. The Hall–Kier alpha value is -3.23. The molecule has 0 bridgehead atoms. The zero-order valence-corrected chi connectivity index (χ0v) is 14.6. The molecular formula is C25H16O2. The highest BCUT2D eigenvalue weighted by Crippen LogP contribution is 2.72. The lowest BCUT2D eigenvalue weighted by Gasteiger charge is -2.15. The van der Waals surface area contributed by atoms with Crippen molar-refractivity contribution in [1.82, 2.24) is 0 Å². The largest absolute Gasteiger partial charge is 0.338 e. The molecule has 0 saturated carbocycles. The summed E-state index contributed by atoms with van der Waals surface area (Å²) in [7, 11) is 0. The van der Waals surface area contributed by atoms with Crippen molar-refractivity contribution >= 4 is 16.6 Å². The number of fused-ring (bicyclic) bond motifs is 4. The van der Waals surface area contributed by atoms with E-state index >= 15 is 0 Å². The number of carbonyl (C=O) groups is 1. The number of Topliss-reactive ketones (excluding diaryl/α,β-unsaturated/α-hetero) is 1. The normalized spacial score (nSPS) is 25.3. The van der Waals surface area contributed by atoms with Crippen LogP contribution in [0.3, 0.4) is 0 Å². The second-order valence-corrected chi connectivity index (χ2v) is 7.23. The number of epoxide rings is 1. The van der Waals surface area contributed by atoms with Crippen molar-refractivity contribution < 1.29 is 9.53 Å². The highest BCUT2D eigenvalue weighted by molar-refractivity contribution is 6.14. The molecule has 1 aliphatic carbocycles. The van der Waals surface area contributed by atoms with Gasteiger partial charge in [-0.1, -0.05) is 97.1 Å². The van der Waals surface area contributed by atoms with E-state index in [0.717, 1.165) is 33.0 Å². The van der Waals surface area contributed by atoms with E-state index in [1.54, 1.807) is 0 Å². The zero-order chi connectivity index (χ0) is 18.1. The number of benzene rings is 4. The maximum absolute atomic E-state index is 13.7. The van der Waals surface area contributed by atoms with Gasteiger partial charge < -0.3 is 4.74 Å². The van der Waals surface area contributed by atoms with Crippen LogP contribution in [0.1, 0.15) is 27.0 Å². The fourth-order valence-electron chi connectivity index (χ4n) is 4.82. The van der Waals surface area contributed by atoms with Crippen molar-refractivity contribution in [2.75, 3.05) is 0 Å². The van der Waals surface area contributed by atoms with Gasteiger partial charge in [0.05, 0.1) is 0 Å². The summed E-state index contributed by atoms with van der Waals surface area (Å²) >= 11 is 0. The van der Waals surface area contributed by atoms with Crippen molar-refractivity contribution in [3.05, 3.63) is 119 Å². The molecule has 2 aliphatic rings. The third-order valence-electron chi connectivity index (χ3n) is 5.98. The van der Waals surface area contributed by atoms with Crippen LogP contribution in [0.4, 0.5) is 0 Å². The van der Waals surface area contributed by atoms with Gasteiger partial charge in [0.25, 0.3) is 0 Å². The van der Waals surface area contributed by atoms with Crippen molar-refractivity contribution in [2.24, 2.45) is 0 Å². The molecule has 1 aliphatic heterocycles. The van der Waals surface area contributed by atoms with E-state index in [-0.39, 0.29) is 5.78 Å². The molecule has 2 unspecified atom stereocenters. The topological polar surface area (TPSA) is 29.6 Å². The molecule has 4 aromatic rings. The first-order valence-corrected chi connectivity index (χ1v) is 9.17. The first-order chi connectivity index (χ1) is 13.3. The van der Waals surface area contributed by atoms with Gasteiger partial charge in [-0.25, -0.2) is 0 Å². The average molecular weight is 348 g/mol. The highest BCUT2D eigenvalue weighted by Gasteiger charge is 2.81. The fourth-order valence-corrected chi connectivity index (χ4v) is 4.82. The molecule has 2 atom stereocenters. The van der Waals surface area contributed by atoms with Gasteiger partial charge in [0, 0.05) is 16.7 Å². The zero-order valence-electron chi connectivity index (χ0n) is 14.6. The summed E-state index contributed by atoms with van der Waals surface area (Å²) < 4.78 is 6.50. The Morgan fingerprint density at radius 1 is 0.593 bits per heavy atom. The van der Waals surface area contributed by atoms with E-state index in [9.17, 15) is 4.79 Å². The van der Waals surface area contributed by atoms with Gasteiger partial charge in [-0.05, 0) is 16.3 Å². The quantitative estimate of drug-likeness (QED) is 0.466. The second kappa shape index (κ2) is 4.93. The average Bonchev–Trinajstić information content (AvgIpc) is 3.40. The maximum atomic E-state index is 13.7. The van der Waals surface area contributed by atoms with Gasteiger partial charge in [0.2, 0.25) is 5.78 Å². The minimum atomic E-state index is -0.987. The Labute approximate surface area is 157 Å². The molecule has 128 valence electrons. The van der Waals surface area contributed by atoms with Crippen LogP contribution in [0.15, 0.2) is 97.1 Å². The summed E-state index contributed by atoms with van der Waals surface area (Å²) in [5.41, 5.74) is 1.97. The summed E-state index contributed by atoms with van der Waals surface area (Å²) in [6.07, 6.45) is 0. The lowest BCUT2D eigenvalue weighted by atomic mass is 9.80. The van der Waals surface area contributed by atoms with E-state index < -0.39 is 11.2 Å². The van der Waals surface area contributed by atoms with Crippen LogP contribution in [-0.4, -0.2) is 5.78 Å². The van der Waals surface area contributed by atoms with E-state index in [1.165, 1.54) is 0 Å². The molecule has 1 fully saturated rings. The summed E-state index contributed by atoms with van der Waals surface area (Å²) in [4.78, 5) is 13.7. The predicted octanol–water partition coefficient (Wildman–Crippen LogP) is 5.21. The molecule has 6 rings (SSSR count). The van der Waals surface area contributed by atoms with Crippen LogP contribution in [0.2, 0.25) is 0 Å². The van der Waals surface area contributed by atoms with Crippen LogP contribution >= 0.6 is 0 Å². The molecule has 0 N–H and O–H groups in total. The molecule has 0 radical (unpaired) electrons. The Morgan fingerprint density at radius 3 is 2.15 bits per heavy atom. The van der Waals surface area contributed by atoms with E-state index in [1.807, 2.05) is 66.7 Å². The first-order valence-electron chi connectivity index (χ1n) is 9.17. The third-order valence-corrected chi connectivity index (χ3v) is 5.98. The molecule has 0 spiro atoms. The molecule has 0 aromatic heterocycles. The van der Waals surface area contributed by atoms with Crippen molar-refractivity contribution in [1.29, 1.82) is 0 Å². The van der Waals surface area contributed by atoms with E-state index in [2.05, 4.69) is 30.3 Å². The summed E-state index contributed by atoms with van der Waals surface area (Å²) in [5.74, 6) is 0.0540. The van der Waals surface area contributed by atoms with Crippen molar-refractivity contribution in [2.45, 2.75) is 11.2 Å². The number of ketones is 1. The van der Waals surface area contributed by atoms with Crippen molar-refractivity contribution in [3.63, 3.8) is 0 Å². The van der Waals surface area contributed by atoms with Gasteiger partial charge in [-0.2, -0.15) is 0 Å². The molecule has 1 saturated heterocycles. The minimum Gasteiger partial charge on any atom is -0.338 e. The second-order valence-electron chi connectivity index (χ2n) is 7.23. The number of hydrogen-bond acceptors (Lipinski definition) is 2. The summed E-state index contributed by atoms with van der Waals surface area (Å²) in [6.45, 7) is 0. The molecular weight excluding hydrogens is 332 g/mol. The fraction of sp³-hybridized carbons (Fsp3) is 0.0800. The Balaban J connectivity index is 1.71. The van der Waals surface area contributed by atoms with Gasteiger partial charge in [0.15, 0.2) is 11.2 Å². The number of rotatable bonds is 2. The van der Waals surface area contributed by atoms with Crippen LogP contribution in [-0.2, 0) is 15.9 Å². The maximum Gasteiger partial charge on any atom is 0.203 e. The lowest BCUT2D eigenvalue weighted by Crippen LogP contribution is -2.24. The van der Waals surface area contributed by atoms with Gasteiger partial charge in [0.1, 0.15) is 0 Å². The first kappa shape index (κ1) is 14.9. The van der Waals surface area contributed by atoms with E-state index in [4.69, 9.17) is 4.74 Å². The molecule has 1 heterocycles. The smallest absolute Gasteiger partial charge is 0.203 e. The Morgan fingerprint density at radius 2 is 1.26 bits per heavy atom. The lowest BCUT2D eigenvalue weighted by molar-refractivity contribution is 0.0869. The Bertz CT molecular complexity index is 1220. The van der Waals surface area contributed by atoms with Crippen LogP contribution in [0.5, 0.6) is 0 Å². The third kappa shape index (κ3) is 1.62. The summed E-state index contributed by atoms with van der Waals surface area (Å²) in [6, 6.07) is 32.3. The monoisotopic (exact) mass is 348 g/mol. The highest BCUT2D eigenvalue weighted by atomic mass is 16.6. The molecule has 0 amide bonds. The predicted molar refractivity (Wildman–Crippen MR) is 105 cm³/mol. The molecule has 27 heavy (non-hydrogen) atoms. The van der Waals surface area contributed by atoms with E-state index in [0.29, 0.717) is 0 Å². The number of carbonyl (C=O) groups excluding carboxylic acids is 1. The van der Waals surface area contributed by atoms with Crippen LogP contribution in [0.25, 0.3) is 10.8 Å². The van der Waals surface area contributed by atoms with Gasteiger partial charge >= 0.3 is 0 Å². The SMILES string of the molecule is O=C1c2ccccc2C2(c3ccccc3)OC12c1cccc2ccccc12. The van der Waals surface area contributed by atoms with Crippen LogP contribution in [0, 0.1) is 0 Å². The van der Waals surface area contributed by atoms with Gasteiger partial charge in [-0.15, -0.1) is 0 Å².